The summed E-state index contributed by atoms with van der Waals surface area (Å²) in [5, 5.41) is 0. The maximum absolute atomic E-state index is 2.41. The summed E-state index contributed by atoms with van der Waals surface area (Å²) in [4.78, 5) is 2.41. The summed E-state index contributed by atoms with van der Waals surface area (Å²) in [7, 11) is 0. The van der Waals surface area contributed by atoms with Crippen molar-refractivity contribution in [3.8, 4) is 21.1 Å². The van der Waals surface area contributed by atoms with Crippen LogP contribution in [0.5, 0.6) is 0 Å². The molecule has 1 heteroatoms. The van der Waals surface area contributed by atoms with Crippen LogP contribution in [-0.2, 0) is 0 Å². The van der Waals surface area contributed by atoms with Gasteiger partial charge in [-0.15, -0.1) is 0 Å². The van der Waals surface area contributed by atoms with Crippen LogP contribution in [0.15, 0.2) is 89.9 Å². The zero-order chi connectivity index (χ0) is 17.8. The van der Waals surface area contributed by atoms with Gasteiger partial charge in [-0.05, 0) is 0 Å². The van der Waals surface area contributed by atoms with Crippen molar-refractivity contribution in [2.75, 3.05) is 0 Å². The predicted octanol–water partition coefficient (Wildman–Crippen LogP) is 6.56. The molecule has 1 heterocycles. The molecule has 3 aromatic carbocycles. The van der Waals surface area contributed by atoms with E-state index in [-0.39, 0.29) is 0 Å². The predicted molar refractivity (Wildman–Crippen MR) is 114 cm³/mol. The van der Waals surface area contributed by atoms with Gasteiger partial charge in [0.15, 0.2) is 0 Å². The molecule has 4 rings (SSSR count). The van der Waals surface area contributed by atoms with Gasteiger partial charge in [0.1, 0.15) is 0 Å². The third-order valence-electron chi connectivity index (χ3n) is 4.42. The van der Waals surface area contributed by atoms with E-state index in [1.165, 1.54) is 37.8 Å². The second-order valence-electron chi connectivity index (χ2n) is 6.37. The van der Waals surface area contributed by atoms with Crippen LogP contribution in [0.1, 0.15) is 16.7 Å². The zero-order valence-electron chi connectivity index (χ0n) is 14.7. The normalized spacial score (nSPS) is 11.1. The van der Waals surface area contributed by atoms with Gasteiger partial charge in [0.2, 0.25) is 0 Å². The van der Waals surface area contributed by atoms with Crippen molar-refractivity contribution in [3.05, 3.63) is 107 Å². The van der Waals surface area contributed by atoms with E-state index in [0.717, 1.165) is 0 Å². The molecule has 0 aliphatic rings. The second-order valence-corrected chi connectivity index (χ2v) is 8.22. The Morgan fingerprint density at radius 3 is 2.08 bits per heavy atom. The van der Waals surface area contributed by atoms with Crippen LogP contribution in [0, 0.1) is 6.92 Å². The quantitative estimate of drug-likeness (QED) is 0.341. The summed E-state index contributed by atoms with van der Waals surface area (Å²) in [6, 6.07) is 30.2. The van der Waals surface area contributed by atoms with Crippen molar-refractivity contribution in [2.24, 2.45) is 0 Å². The summed E-state index contributed by atoms with van der Waals surface area (Å²) < 4.78 is 1.47. The molecule has 0 saturated carbocycles. The van der Waals surface area contributed by atoms with E-state index in [2.05, 4.69) is 109 Å². The fourth-order valence-corrected chi connectivity index (χ4v) is 5.40. The summed E-state index contributed by atoms with van der Waals surface area (Å²) in [6.45, 7) is 2.14. The molecule has 126 valence electrons. The Bertz CT molecular complexity index is 1020. The zero-order valence-corrected chi connectivity index (χ0v) is 16.4. The summed E-state index contributed by atoms with van der Waals surface area (Å²) in [5.41, 5.74) is 7.88. The van der Waals surface area contributed by atoms with Gasteiger partial charge in [-0.2, -0.15) is 0 Å². The Morgan fingerprint density at radius 2 is 1.38 bits per heavy atom. The average Bonchev–Trinajstić information content (AvgIpc) is 3.12. The first kappa shape index (κ1) is 16.8. The fraction of sp³-hybridized carbons (Fsp3) is 0.0400. The summed E-state index contributed by atoms with van der Waals surface area (Å²) in [5.74, 6) is 0. The van der Waals surface area contributed by atoms with Gasteiger partial charge in [-0.3, -0.25) is 0 Å². The van der Waals surface area contributed by atoms with Crippen molar-refractivity contribution in [2.45, 2.75) is 6.92 Å². The Morgan fingerprint density at radius 1 is 0.692 bits per heavy atom. The van der Waals surface area contributed by atoms with Crippen molar-refractivity contribution >= 4 is 26.7 Å². The van der Waals surface area contributed by atoms with E-state index in [1.54, 1.807) is 0 Å². The standard InChI is InChI=1S/C25H20Se/c1-19-9-8-10-20(17-19)15-16-23-18-26-25(22-13-6-3-7-14-22)24(23)21-11-4-2-5-12-21/h2-18H,1H3/b16-15+. The fourth-order valence-electron chi connectivity index (χ4n) is 3.16. The van der Waals surface area contributed by atoms with Gasteiger partial charge in [-0.25, -0.2) is 0 Å². The first-order valence-corrected chi connectivity index (χ1v) is 10.6. The minimum absolute atomic E-state index is 0.346. The molecule has 0 fully saturated rings. The van der Waals surface area contributed by atoms with Gasteiger partial charge in [0, 0.05) is 0 Å². The Balaban J connectivity index is 1.81. The molecule has 0 N–H and O–H groups in total. The van der Waals surface area contributed by atoms with E-state index >= 15 is 0 Å². The topological polar surface area (TPSA) is 0 Å². The Labute approximate surface area is 161 Å². The van der Waals surface area contributed by atoms with Crippen LogP contribution in [0.4, 0.5) is 0 Å². The summed E-state index contributed by atoms with van der Waals surface area (Å²) in [6.07, 6.45) is 4.50. The van der Waals surface area contributed by atoms with Gasteiger partial charge in [0.05, 0.1) is 0 Å². The van der Waals surface area contributed by atoms with E-state index in [1.807, 2.05) is 0 Å². The molecule has 0 atom stereocenters. The average molecular weight is 399 g/mol. The molecule has 0 aliphatic carbocycles. The van der Waals surface area contributed by atoms with Crippen molar-refractivity contribution in [1.29, 1.82) is 0 Å². The Kier molecular flexibility index (Phi) is 5.02. The second kappa shape index (κ2) is 7.74. The molecular weight excluding hydrogens is 379 g/mol. The van der Waals surface area contributed by atoms with Gasteiger partial charge in [0.25, 0.3) is 0 Å². The molecule has 0 unspecified atom stereocenters. The minimum atomic E-state index is 0.346. The molecule has 0 spiro atoms. The molecule has 0 saturated heterocycles. The molecule has 0 bridgehead atoms. The van der Waals surface area contributed by atoms with Crippen molar-refractivity contribution in [1.82, 2.24) is 0 Å². The molecule has 0 radical (unpaired) electrons. The van der Waals surface area contributed by atoms with E-state index < -0.39 is 0 Å². The van der Waals surface area contributed by atoms with E-state index in [4.69, 9.17) is 0 Å². The van der Waals surface area contributed by atoms with Crippen LogP contribution < -0.4 is 0 Å². The monoisotopic (exact) mass is 400 g/mol. The number of hydrogen-bond donors (Lipinski definition) is 0. The third-order valence-corrected chi connectivity index (χ3v) is 6.61. The molecule has 0 amide bonds. The maximum atomic E-state index is 2.41. The number of aryl methyl sites for hydroxylation is 1. The third kappa shape index (κ3) is 3.65. The SMILES string of the molecule is Cc1cccc(/C=C/c2c[se]c(-c3ccccc3)c2-c2ccccc2)c1. The van der Waals surface area contributed by atoms with Crippen molar-refractivity contribution < 1.29 is 0 Å². The van der Waals surface area contributed by atoms with Gasteiger partial charge < -0.3 is 0 Å². The number of rotatable bonds is 4. The van der Waals surface area contributed by atoms with Gasteiger partial charge >= 0.3 is 161 Å². The molecular formula is C25H20Se. The van der Waals surface area contributed by atoms with Crippen LogP contribution in [0.2, 0.25) is 0 Å². The molecule has 26 heavy (non-hydrogen) atoms. The summed E-state index contributed by atoms with van der Waals surface area (Å²) >= 11 is 0.346. The number of benzene rings is 3. The van der Waals surface area contributed by atoms with Crippen LogP contribution >= 0.6 is 0 Å². The first-order valence-electron chi connectivity index (χ1n) is 8.78. The van der Waals surface area contributed by atoms with Gasteiger partial charge in [-0.1, -0.05) is 0 Å². The van der Waals surface area contributed by atoms with Crippen LogP contribution in [-0.4, -0.2) is 14.5 Å². The first-order chi connectivity index (χ1) is 12.8. The van der Waals surface area contributed by atoms with Crippen molar-refractivity contribution in [3.63, 3.8) is 0 Å². The molecule has 4 aromatic rings. The molecule has 0 nitrogen and oxygen atoms in total. The van der Waals surface area contributed by atoms with E-state index in [0.29, 0.717) is 14.5 Å². The molecule has 0 aliphatic heterocycles. The number of hydrogen-bond acceptors (Lipinski definition) is 0. The Hall–Kier alpha value is -2.60. The van der Waals surface area contributed by atoms with Crippen LogP contribution in [0.3, 0.4) is 0 Å². The van der Waals surface area contributed by atoms with E-state index in [9.17, 15) is 0 Å². The van der Waals surface area contributed by atoms with Crippen LogP contribution in [0.25, 0.3) is 33.3 Å². The molecule has 1 aromatic heterocycles.